The number of amidine groups is 1. The number of rotatable bonds is 4. The molecule has 2 aliphatic heterocycles. The van der Waals surface area contributed by atoms with Crippen molar-refractivity contribution in [1.29, 1.82) is 0 Å². The zero-order valence-corrected chi connectivity index (χ0v) is 21.6. The number of benzene rings is 3. The lowest BCUT2D eigenvalue weighted by molar-refractivity contribution is -0.143. The number of methoxy groups -OCH3 is 1. The van der Waals surface area contributed by atoms with Crippen LogP contribution in [0.3, 0.4) is 0 Å². The van der Waals surface area contributed by atoms with Gasteiger partial charge in [-0.1, -0.05) is 36.4 Å². The van der Waals surface area contributed by atoms with Gasteiger partial charge in [0.15, 0.2) is 0 Å². The van der Waals surface area contributed by atoms with E-state index in [0.717, 1.165) is 21.8 Å². The molecule has 1 saturated heterocycles. The van der Waals surface area contributed by atoms with Crippen LogP contribution >= 0.6 is 0 Å². The number of hydrogen-bond acceptors (Lipinski definition) is 4. The quantitative estimate of drug-likeness (QED) is 0.391. The molecule has 3 aromatic rings. The maximum Gasteiger partial charge on any atom is 0.416 e. The molecule has 6 nitrogen and oxygen atoms in total. The van der Waals surface area contributed by atoms with Crippen LogP contribution in [-0.4, -0.2) is 48.3 Å². The molecule has 2 amide bonds. The summed E-state index contributed by atoms with van der Waals surface area (Å²) in [7, 11) is 1.58. The number of alkyl halides is 6. The molecule has 2 heterocycles. The third-order valence-electron chi connectivity index (χ3n) is 7.27. The number of carbonyl (C=O) groups excluding carboxylic acids is 2. The molecule has 1 spiro atoms. The largest absolute Gasteiger partial charge is 0.497 e. The Morgan fingerprint density at radius 2 is 1.32 bits per heavy atom. The number of ether oxygens (including phenoxy) is 1. The van der Waals surface area contributed by atoms with E-state index in [2.05, 4.69) is 10.3 Å². The van der Waals surface area contributed by atoms with Gasteiger partial charge in [-0.2, -0.15) is 26.3 Å². The zero-order valence-electron chi connectivity index (χ0n) is 21.6. The summed E-state index contributed by atoms with van der Waals surface area (Å²) in [6, 6.07) is 15.7. The highest BCUT2D eigenvalue weighted by Crippen LogP contribution is 2.37. The first-order valence-electron chi connectivity index (χ1n) is 12.5. The van der Waals surface area contributed by atoms with Gasteiger partial charge in [0.05, 0.1) is 18.2 Å². The van der Waals surface area contributed by atoms with Crippen LogP contribution in [-0.2, 0) is 17.1 Å². The van der Waals surface area contributed by atoms with E-state index in [1.165, 1.54) is 0 Å². The lowest BCUT2D eigenvalue weighted by atomic mass is 9.87. The number of likely N-dealkylation sites (tertiary alicyclic amines) is 1. The second kappa shape index (κ2) is 10.2. The Kier molecular flexibility index (Phi) is 7.04. The molecule has 0 saturated carbocycles. The summed E-state index contributed by atoms with van der Waals surface area (Å²) in [5, 5.41) is 2.77. The molecular formula is C29H23F6N3O3. The molecule has 0 bridgehead atoms. The summed E-state index contributed by atoms with van der Waals surface area (Å²) in [5.41, 5.74) is -2.48. The molecule has 2 aliphatic rings. The van der Waals surface area contributed by atoms with Crippen molar-refractivity contribution in [3.05, 3.63) is 89.0 Å². The summed E-state index contributed by atoms with van der Waals surface area (Å²) in [5.74, 6) is -0.276. The van der Waals surface area contributed by atoms with Crippen molar-refractivity contribution >= 4 is 17.6 Å². The molecule has 0 atom stereocenters. The fourth-order valence-electron chi connectivity index (χ4n) is 4.94. The minimum Gasteiger partial charge on any atom is -0.497 e. The SMILES string of the molecule is COc1ccc(-c2ccc(C3=NC4(CCN(C(=O)c5cc(C(F)(F)F)cc(C(F)(F)F)c5)CC4)C(=O)N3)cc2)cc1. The molecule has 3 aromatic carbocycles. The Bertz CT molecular complexity index is 1470. The van der Waals surface area contributed by atoms with E-state index in [-0.39, 0.29) is 37.9 Å². The standard InChI is InChI=1S/C29H23F6N3O3/c1-41-23-8-6-18(7-9-23)17-2-4-19(5-3-17)24-36-26(40)27(37-24)10-12-38(13-11-27)25(39)20-14-21(28(30,31)32)16-22(15-20)29(33,34)35/h2-9,14-16H,10-13H2,1H3,(H,36,37,40). The van der Waals surface area contributed by atoms with Gasteiger partial charge in [0, 0.05) is 24.2 Å². The molecular weight excluding hydrogens is 552 g/mol. The van der Waals surface area contributed by atoms with Crippen LogP contribution in [0.25, 0.3) is 11.1 Å². The Morgan fingerprint density at radius 3 is 1.80 bits per heavy atom. The number of piperidine rings is 1. The zero-order chi connectivity index (χ0) is 29.6. The first-order chi connectivity index (χ1) is 19.3. The van der Waals surface area contributed by atoms with Crippen molar-refractivity contribution in [2.24, 2.45) is 4.99 Å². The van der Waals surface area contributed by atoms with Crippen molar-refractivity contribution in [3.63, 3.8) is 0 Å². The number of carbonyl (C=O) groups is 2. The van der Waals surface area contributed by atoms with Crippen LogP contribution in [0.5, 0.6) is 5.75 Å². The van der Waals surface area contributed by atoms with Crippen molar-refractivity contribution < 1.29 is 40.7 Å². The van der Waals surface area contributed by atoms with E-state index in [1.807, 2.05) is 48.5 Å². The van der Waals surface area contributed by atoms with Crippen LogP contribution in [0, 0.1) is 0 Å². The number of nitrogens with one attached hydrogen (secondary N) is 1. The monoisotopic (exact) mass is 575 g/mol. The molecule has 5 rings (SSSR count). The number of halogens is 6. The van der Waals surface area contributed by atoms with Crippen molar-refractivity contribution in [2.45, 2.75) is 30.7 Å². The van der Waals surface area contributed by atoms with Gasteiger partial charge in [-0.05, 0) is 54.3 Å². The van der Waals surface area contributed by atoms with Gasteiger partial charge >= 0.3 is 12.4 Å². The first-order valence-corrected chi connectivity index (χ1v) is 12.5. The molecule has 1 fully saturated rings. The summed E-state index contributed by atoms with van der Waals surface area (Å²) in [4.78, 5) is 31.7. The van der Waals surface area contributed by atoms with E-state index in [4.69, 9.17) is 4.74 Å². The van der Waals surface area contributed by atoms with E-state index in [0.29, 0.717) is 23.5 Å². The molecule has 0 aromatic heterocycles. The maximum atomic E-state index is 13.2. The number of nitrogens with zero attached hydrogens (tertiary/aromatic N) is 2. The topological polar surface area (TPSA) is 71.0 Å². The van der Waals surface area contributed by atoms with Gasteiger partial charge in [0.1, 0.15) is 17.1 Å². The molecule has 41 heavy (non-hydrogen) atoms. The Hall–Kier alpha value is -4.35. The van der Waals surface area contributed by atoms with Gasteiger partial charge in [-0.25, -0.2) is 0 Å². The Balaban J connectivity index is 1.31. The van der Waals surface area contributed by atoms with E-state index in [1.54, 1.807) is 7.11 Å². The smallest absolute Gasteiger partial charge is 0.416 e. The fraction of sp³-hybridized carbons (Fsp3) is 0.276. The molecule has 214 valence electrons. The number of amides is 2. The van der Waals surface area contributed by atoms with Crippen LogP contribution in [0.15, 0.2) is 71.7 Å². The molecule has 1 N–H and O–H groups in total. The average Bonchev–Trinajstić information content (AvgIpc) is 3.27. The minimum absolute atomic E-state index is 0.0232. The molecule has 0 aliphatic carbocycles. The van der Waals surface area contributed by atoms with E-state index >= 15 is 0 Å². The van der Waals surface area contributed by atoms with Crippen molar-refractivity contribution in [3.8, 4) is 16.9 Å². The first kappa shape index (κ1) is 28.2. The highest BCUT2D eigenvalue weighted by molar-refractivity contribution is 6.15. The van der Waals surface area contributed by atoms with Crippen molar-refractivity contribution in [2.75, 3.05) is 20.2 Å². The predicted octanol–water partition coefficient (Wildman–Crippen LogP) is 5.95. The van der Waals surface area contributed by atoms with Gasteiger partial charge in [0.25, 0.3) is 11.8 Å². The van der Waals surface area contributed by atoms with Crippen LogP contribution in [0.4, 0.5) is 26.3 Å². The Morgan fingerprint density at radius 1 is 0.829 bits per heavy atom. The summed E-state index contributed by atoms with van der Waals surface area (Å²) in [6.45, 7) is -0.145. The predicted molar refractivity (Wildman–Crippen MR) is 137 cm³/mol. The van der Waals surface area contributed by atoms with E-state index in [9.17, 15) is 35.9 Å². The minimum atomic E-state index is -5.07. The summed E-state index contributed by atoms with van der Waals surface area (Å²) >= 11 is 0. The van der Waals surface area contributed by atoms with Gasteiger partial charge in [0.2, 0.25) is 0 Å². The summed E-state index contributed by atoms with van der Waals surface area (Å²) < 4.78 is 84.6. The van der Waals surface area contributed by atoms with Crippen LogP contribution in [0.2, 0.25) is 0 Å². The van der Waals surface area contributed by atoms with Gasteiger partial charge < -0.3 is 15.0 Å². The second-order valence-corrected chi connectivity index (χ2v) is 9.84. The lowest BCUT2D eigenvalue weighted by Crippen LogP contribution is -2.50. The normalized spacial score (nSPS) is 16.9. The van der Waals surface area contributed by atoms with Crippen molar-refractivity contribution in [1.82, 2.24) is 10.2 Å². The molecule has 12 heteroatoms. The van der Waals surface area contributed by atoms with Crippen LogP contribution in [0.1, 0.15) is 39.9 Å². The summed E-state index contributed by atoms with van der Waals surface area (Å²) in [6.07, 6.45) is -10.0. The second-order valence-electron chi connectivity index (χ2n) is 9.84. The number of aliphatic imine (C=N–C) groups is 1. The van der Waals surface area contributed by atoms with E-state index < -0.39 is 40.5 Å². The number of hydrogen-bond donors (Lipinski definition) is 1. The fourth-order valence-corrected chi connectivity index (χ4v) is 4.94. The third kappa shape index (κ3) is 5.63. The van der Waals surface area contributed by atoms with Gasteiger partial charge in [-0.3, -0.25) is 14.6 Å². The Labute approximate surface area is 230 Å². The highest BCUT2D eigenvalue weighted by Gasteiger charge is 2.47. The molecule has 0 unspecified atom stereocenters. The van der Waals surface area contributed by atoms with Crippen LogP contribution < -0.4 is 10.1 Å². The highest BCUT2D eigenvalue weighted by atomic mass is 19.4. The molecule has 0 radical (unpaired) electrons. The third-order valence-corrected chi connectivity index (χ3v) is 7.27. The maximum absolute atomic E-state index is 13.2. The van der Waals surface area contributed by atoms with Gasteiger partial charge in [-0.15, -0.1) is 0 Å². The average molecular weight is 576 g/mol. The lowest BCUT2D eigenvalue weighted by Gasteiger charge is -2.35.